The van der Waals surface area contributed by atoms with Gasteiger partial charge in [0.05, 0.1) is 18.5 Å². The lowest BCUT2D eigenvalue weighted by atomic mass is 10.2. The number of para-hydroxylation sites is 1. The summed E-state index contributed by atoms with van der Waals surface area (Å²) < 4.78 is 17.1. The Morgan fingerprint density at radius 1 is 1.09 bits per heavy atom. The van der Waals surface area contributed by atoms with Gasteiger partial charge in [-0.3, -0.25) is 5.43 Å². The van der Waals surface area contributed by atoms with Crippen molar-refractivity contribution >= 4 is 31.3 Å². The monoisotopic (exact) mass is 452 g/mol. The molecule has 3 aromatic rings. The number of anilines is 1. The minimum absolute atomic E-state index is 0.104. The van der Waals surface area contributed by atoms with Gasteiger partial charge in [0.1, 0.15) is 29.4 Å². The Balaban J connectivity index is 1.76. The average molecular weight is 453 g/mol. The smallest absolute Gasteiger partial charge is 0.250 e. The maximum absolute atomic E-state index is 6.55. The zero-order valence-corrected chi connectivity index (χ0v) is 20.7. The number of pyridine rings is 2. The van der Waals surface area contributed by atoms with E-state index in [1.54, 1.807) is 31.7 Å². The first-order valence-corrected chi connectivity index (χ1v) is 13.6. The zero-order chi connectivity index (χ0) is 23.2. The number of benzene rings is 1. The molecular formula is C24H32N4O3Si. The van der Waals surface area contributed by atoms with Crippen LogP contribution in [0, 0.1) is 0 Å². The number of nitrogens with zero attached hydrogens (tertiary/aromatic N) is 3. The lowest BCUT2D eigenvalue weighted by Crippen LogP contribution is -2.43. The summed E-state index contributed by atoms with van der Waals surface area (Å²) in [4.78, 5) is 9.04. The van der Waals surface area contributed by atoms with Crippen molar-refractivity contribution < 1.29 is 13.9 Å². The molecule has 0 saturated carbocycles. The van der Waals surface area contributed by atoms with E-state index in [1.165, 1.54) is 0 Å². The number of hydrogen-bond acceptors (Lipinski definition) is 7. The summed E-state index contributed by atoms with van der Waals surface area (Å²) in [5.41, 5.74) is 4.49. The van der Waals surface area contributed by atoms with Gasteiger partial charge in [-0.1, -0.05) is 39.0 Å². The Labute approximate surface area is 191 Å². The lowest BCUT2D eigenvalue weighted by molar-refractivity contribution is 0.146. The predicted molar refractivity (Wildman–Crippen MR) is 132 cm³/mol. The van der Waals surface area contributed by atoms with Gasteiger partial charge in [0.2, 0.25) is 0 Å². The molecule has 1 aromatic carbocycles. The van der Waals surface area contributed by atoms with E-state index in [9.17, 15) is 0 Å². The number of fused-ring (bicyclic) bond motifs is 1. The highest BCUT2D eigenvalue weighted by molar-refractivity contribution is 6.74. The fourth-order valence-corrected chi connectivity index (χ4v) is 3.71. The largest absolute Gasteiger partial charge is 0.542 e. The Morgan fingerprint density at radius 3 is 2.66 bits per heavy atom. The molecule has 0 aliphatic carbocycles. The van der Waals surface area contributed by atoms with Crippen LogP contribution in [-0.2, 0) is 4.74 Å². The molecule has 0 unspecified atom stereocenters. The van der Waals surface area contributed by atoms with E-state index in [4.69, 9.17) is 18.9 Å². The Kier molecular flexibility index (Phi) is 7.47. The van der Waals surface area contributed by atoms with Crippen molar-refractivity contribution in [1.82, 2.24) is 9.97 Å². The minimum atomic E-state index is -1.98. The molecule has 0 radical (unpaired) electrons. The molecule has 0 fully saturated rings. The fraction of sp³-hybridized carbons (Fsp3) is 0.375. The summed E-state index contributed by atoms with van der Waals surface area (Å²) >= 11 is 0. The number of methoxy groups -OCH3 is 1. The first-order valence-electron chi connectivity index (χ1n) is 10.7. The number of nitrogens with one attached hydrogen (secondary N) is 1. The fourth-order valence-electron chi connectivity index (χ4n) is 2.69. The number of aromatic nitrogens is 2. The molecule has 32 heavy (non-hydrogen) atoms. The lowest BCUT2D eigenvalue weighted by Gasteiger charge is -2.36. The zero-order valence-electron chi connectivity index (χ0n) is 19.7. The second kappa shape index (κ2) is 10.1. The SMILES string of the molecule is COCCOc1ccnc(NN=Cc2ccc3cccc(O[Si](C)(C)C(C)(C)C)c3n2)c1. The standard InChI is InChI=1S/C24H32N4O3Si/c1-24(2,3)32(5,6)31-21-9-7-8-18-10-11-19(27-23(18)21)17-26-28-22-16-20(12-13-25-22)30-15-14-29-4/h7-13,16-17H,14-15H2,1-6H3,(H,25,28). The van der Waals surface area contributed by atoms with Crippen molar-refractivity contribution in [2.75, 3.05) is 25.7 Å². The van der Waals surface area contributed by atoms with Gasteiger partial charge in [-0.15, -0.1) is 0 Å². The topological polar surface area (TPSA) is 77.9 Å². The van der Waals surface area contributed by atoms with E-state index in [0.717, 1.165) is 22.3 Å². The average Bonchev–Trinajstić information content (AvgIpc) is 2.74. The van der Waals surface area contributed by atoms with Gasteiger partial charge < -0.3 is 13.9 Å². The third-order valence-corrected chi connectivity index (χ3v) is 9.88. The number of hydrazone groups is 1. The van der Waals surface area contributed by atoms with E-state index in [2.05, 4.69) is 49.4 Å². The molecule has 3 rings (SSSR count). The van der Waals surface area contributed by atoms with Gasteiger partial charge in [-0.05, 0) is 36.3 Å². The maximum Gasteiger partial charge on any atom is 0.250 e. The van der Waals surface area contributed by atoms with Crippen molar-refractivity contribution in [3.8, 4) is 11.5 Å². The summed E-state index contributed by atoms with van der Waals surface area (Å²) in [6.45, 7) is 12.2. The van der Waals surface area contributed by atoms with Crippen molar-refractivity contribution in [3.63, 3.8) is 0 Å². The second-order valence-corrected chi connectivity index (χ2v) is 13.7. The van der Waals surface area contributed by atoms with Crippen LogP contribution in [0.1, 0.15) is 26.5 Å². The third kappa shape index (κ3) is 6.05. The van der Waals surface area contributed by atoms with E-state index in [1.807, 2.05) is 30.3 Å². The molecule has 0 amide bonds. The summed E-state index contributed by atoms with van der Waals surface area (Å²) in [5.74, 6) is 2.10. The molecule has 0 spiro atoms. The van der Waals surface area contributed by atoms with Gasteiger partial charge in [0, 0.05) is 24.8 Å². The highest BCUT2D eigenvalue weighted by Crippen LogP contribution is 2.38. The number of rotatable bonds is 9. The van der Waals surface area contributed by atoms with Crippen molar-refractivity contribution in [3.05, 3.63) is 54.4 Å². The quantitative estimate of drug-likeness (QED) is 0.200. The first kappa shape index (κ1) is 23.7. The molecule has 2 aromatic heterocycles. The molecule has 0 bridgehead atoms. The normalized spacial score (nSPS) is 12.3. The molecule has 7 nitrogen and oxygen atoms in total. The Morgan fingerprint density at radius 2 is 1.91 bits per heavy atom. The molecule has 2 heterocycles. The van der Waals surface area contributed by atoms with Crippen molar-refractivity contribution in [2.24, 2.45) is 5.10 Å². The van der Waals surface area contributed by atoms with Gasteiger partial charge in [0.15, 0.2) is 0 Å². The van der Waals surface area contributed by atoms with Gasteiger partial charge in [0.25, 0.3) is 8.32 Å². The van der Waals surface area contributed by atoms with Gasteiger partial charge >= 0.3 is 0 Å². The molecule has 8 heteroatoms. The van der Waals surface area contributed by atoms with Crippen molar-refractivity contribution in [1.29, 1.82) is 0 Å². The Hall–Kier alpha value is -2.97. The molecule has 0 aliphatic heterocycles. The number of ether oxygens (including phenoxy) is 2. The van der Waals surface area contributed by atoms with Crippen LogP contribution in [0.2, 0.25) is 18.1 Å². The summed E-state index contributed by atoms with van der Waals surface area (Å²) in [6.07, 6.45) is 3.33. The van der Waals surface area contributed by atoms with E-state index in [0.29, 0.717) is 24.8 Å². The summed E-state index contributed by atoms with van der Waals surface area (Å²) in [5, 5.41) is 5.43. The van der Waals surface area contributed by atoms with Gasteiger partial charge in [-0.2, -0.15) is 5.10 Å². The predicted octanol–water partition coefficient (Wildman–Crippen LogP) is 5.49. The molecule has 0 saturated heterocycles. The second-order valence-electron chi connectivity index (χ2n) is 9.01. The van der Waals surface area contributed by atoms with E-state index < -0.39 is 8.32 Å². The third-order valence-electron chi connectivity index (χ3n) is 5.54. The van der Waals surface area contributed by atoms with Crippen LogP contribution in [0.4, 0.5) is 5.82 Å². The first-order chi connectivity index (χ1) is 15.2. The van der Waals surface area contributed by atoms with Crippen LogP contribution in [0.5, 0.6) is 11.5 Å². The number of hydrogen-bond donors (Lipinski definition) is 1. The molecular weight excluding hydrogens is 420 g/mol. The van der Waals surface area contributed by atoms with Crippen LogP contribution >= 0.6 is 0 Å². The minimum Gasteiger partial charge on any atom is -0.542 e. The maximum atomic E-state index is 6.55. The Bertz CT molecular complexity index is 1080. The molecule has 1 N–H and O–H groups in total. The van der Waals surface area contributed by atoms with Crippen LogP contribution in [0.15, 0.2) is 53.8 Å². The molecule has 170 valence electrons. The highest BCUT2D eigenvalue weighted by atomic mass is 28.4. The van der Waals surface area contributed by atoms with E-state index >= 15 is 0 Å². The van der Waals surface area contributed by atoms with Crippen LogP contribution in [0.25, 0.3) is 10.9 Å². The van der Waals surface area contributed by atoms with E-state index in [-0.39, 0.29) is 5.04 Å². The van der Waals surface area contributed by atoms with Crippen molar-refractivity contribution in [2.45, 2.75) is 38.9 Å². The van der Waals surface area contributed by atoms with Crippen LogP contribution in [0.3, 0.4) is 0 Å². The van der Waals surface area contributed by atoms with Gasteiger partial charge in [-0.25, -0.2) is 9.97 Å². The summed E-state index contributed by atoms with van der Waals surface area (Å²) in [7, 11) is -0.342. The van der Waals surface area contributed by atoms with Crippen LogP contribution < -0.4 is 14.6 Å². The molecule has 0 aliphatic rings. The molecule has 0 atom stereocenters. The highest BCUT2D eigenvalue weighted by Gasteiger charge is 2.39. The van der Waals surface area contributed by atoms with Crippen LogP contribution in [-0.4, -0.2) is 44.8 Å². The summed E-state index contributed by atoms with van der Waals surface area (Å²) in [6, 6.07) is 13.6.